The molecule has 1 fully saturated rings. The highest BCUT2D eigenvalue weighted by Gasteiger charge is 2.23. The van der Waals surface area contributed by atoms with Crippen LogP contribution in [0.15, 0.2) is 17.0 Å². The van der Waals surface area contributed by atoms with Crippen LogP contribution in [0.25, 0.3) is 0 Å². The maximum atomic E-state index is 12.5. The molecule has 1 aromatic rings. The molecule has 0 spiro atoms. The molecule has 112 valence electrons. The van der Waals surface area contributed by atoms with E-state index in [0.717, 1.165) is 25.7 Å². The van der Waals surface area contributed by atoms with E-state index in [1.807, 2.05) is 0 Å². The van der Waals surface area contributed by atoms with E-state index in [9.17, 15) is 8.42 Å². The van der Waals surface area contributed by atoms with Gasteiger partial charge in [-0.1, -0.05) is 37.3 Å². The molecule has 0 aliphatic heterocycles. The first kappa shape index (κ1) is 15.6. The predicted octanol–water partition coefficient (Wildman–Crippen LogP) is 3.23. The summed E-state index contributed by atoms with van der Waals surface area (Å²) in [6, 6.07) is 3.06. The zero-order chi connectivity index (χ0) is 14.8. The number of rotatable bonds is 3. The third kappa shape index (κ3) is 3.65. The summed E-state index contributed by atoms with van der Waals surface area (Å²) >= 11 is 5.91. The molecule has 20 heavy (non-hydrogen) atoms. The van der Waals surface area contributed by atoms with E-state index in [1.165, 1.54) is 18.9 Å². The molecule has 0 atom stereocenters. The summed E-state index contributed by atoms with van der Waals surface area (Å²) in [7, 11) is -3.53. The van der Waals surface area contributed by atoms with Crippen molar-refractivity contribution in [1.82, 2.24) is 4.72 Å². The molecule has 0 radical (unpaired) electrons. The summed E-state index contributed by atoms with van der Waals surface area (Å²) in [5, 5.41) is 0.385. The van der Waals surface area contributed by atoms with Gasteiger partial charge in [0, 0.05) is 6.04 Å². The van der Waals surface area contributed by atoms with Crippen LogP contribution in [-0.2, 0) is 10.0 Å². The van der Waals surface area contributed by atoms with Gasteiger partial charge in [-0.25, -0.2) is 13.1 Å². The molecule has 0 aromatic heterocycles. The first-order valence-electron chi connectivity index (χ1n) is 6.98. The van der Waals surface area contributed by atoms with Crippen LogP contribution in [0.4, 0.5) is 5.69 Å². The number of nitrogens with one attached hydrogen (secondary N) is 1. The van der Waals surface area contributed by atoms with Gasteiger partial charge in [-0.05, 0) is 37.5 Å². The Labute approximate surface area is 125 Å². The van der Waals surface area contributed by atoms with Crippen molar-refractivity contribution < 1.29 is 8.42 Å². The van der Waals surface area contributed by atoms with Gasteiger partial charge in [0.25, 0.3) is 0 Å². The predicted molar refractivity (Wildman–Crippen MR) is 82.4 cm³/mol. The summed E-state index contributed by atoms with van der Waals surface area (Å²) < 4.78 is 27.8. The second kappa shape index (κ2) is 6.33. The zero-order valence-electron chi connectivity index (χ0n) is 11.7. The molecule has 4 nitrogen and oxygen atoms in total. The average Bonchev–Trinajstić information content (AvgIpc) is 2.61. The molecule has 1 aliphatic rings. The molecule has 2 rings (SSSR count). The fourth-order valence-electron chi connectivity index (χ4n) is 2.64. The van der Waals surface area contributed by atoms with Crippen LogP contribution in [0.3, 0.4) is 0 Å². The smallest absolute Gasteiger partial charge is 0.241 e. The molecule has 6 heteroatoms. The minimum Gasteiger partial charge on any atom is -0.397 e. The minimum atomic E-state index is -3.53. The first-order valence-corrected chi connectivity index (χ1v) is 8.84. The standard InChI is InChI=1S/C14H21ClN2O2S/c1-10-8-12(15)13(16)9-14(10)20(18,19)17-11-6-4-2-3-5-7-11/h8-9,11,17H,2-7,16H2,1H3. The molecule has 0 unspecified atom stereocenters. The Balaban J connectivity index is 2.23. The quantitative estimate of drug-likeness (QED) is 0.664. The SMILES string of the molecule is Cc1cc(Cl)c(N)cc1S(=O)(=O)NC1CCCCCC1. The van der Waals surface area contributed by atoms with Gasteiger partial charge in [0.15, 0.2) is 0 Å². The van der Waals surface area contributed by atoms with Crippen LogP contribution < -0.4 is 10.5 Å². The van der Waals surface area contributed by atoms with Crippen LogP contribution in [0.1, 0.15) is 44.1 Å². The molecule has 1 aliphatic carbocycles. The van der Waals surface area contributed by atoms with E-state index in [0.29, 0.717) is 16.3 Å². The number of hydrogen-bond donors (Lipinski definition) is 2. The molecule has 1 aromatic carbocycles. The van der Waals surface area contributed by atoms with Gasteiger partial charge < -0.3 is 5.73 Å². The lowest BCUT2D eigenvalue weighted by atomic mass is 10.1. The van der Waals surface area contributed by atoms with Crippen molar-refractivity contribution in [3.63, 3.8) is 0 Å². The number of sulfonamides is 1. The van der Waals surface area contributed by atoms with Gasteiger partial charge in [-0.15, -0.1) is 0 Å². The summed E-state index contributed by atoms with van der Waals surface area (Å²) in [5.74, 6) is 0. The van der Waals surface area contributed by atoms with Crippen molar-refractivity contribution in [2.75, 3.05) is 5.73 Å². The first-order chi connectivity index (χ1) is 9.40. The van der Waals surface area contributed by atoms with Crippen molar-refractivity contribution >= 4 is 27.3 Å². The molecular weight excluding hydrogens is 296 g/mol. The van der Waals surface area contributed by atoms with Gasteiger partial charge in [0.05, 0.1) is 15.6 Å². The average molecular weight is 317 g/mol. The number of anilines is 1. The highest BCUT2D eigenvalue weighted by Crippen LogP contribution is 2.27. The Bertz CT molecular complexity index is 579. The van der Waals surface area contributed by atoms with Crippen molar-refractivity contribution in [1.29, 1.82) is 0 Å². The number of nitrogens with two attached hydrogens (primary N) is 1. The number of nitrogen functional groups attached to an aromatic ring is 1. The summed E-state index contributed by atoms with van der Waals surface area (Å²) in [6.07, 6.45) is 6.34. The largest absolute Gasteiger partial charge is 0.397 e. The fraction of sp³-hybridized carbons (Fsp3) is 0.571. The summed E-state index contributed by atoms with van der Waals surface area (Å²) in [6.45, 7) is 1.73. The van der Waals surface area contributed by atoms with Crippen molar-refractivity contribution in [2.24, 2.45) is 0 Å². The second-order valence-corrected chi connectivity index (χ2v) is 7.54. The Kier molecular flexibility index (Phi) is 4.94. The third-order valence-corrected chi connectivity index (χ3v) is 5.75. The Hall–Kier alpha value is -0.780. The molecule has 0 heterocycles. The van der Waals surface area contributed by atoms with Gasteiger partial charge in [0.2, 0.25) is 10.0 Å². The summed E-state index contributed by atoms with van der Waals surface area (Å²) in [4.78, 5) is 0.226. The number of benzene rings is 1. The maximum Gasteiger partial charge on any atom is 0.241 e. The highest BCUT2D eigenvalue weighted by molar-refractivity contribution is 7.89. The molecular formula is C14H21ClN2O2S. The second-order valence-electron chi connectivity index (χ2n) is 5.45. The zero-order valence-corrected chi connectivity index (χ0v) is 13.2. The Morgan fingerprint density at radius 1 is 1.20 bits per heavy atom. The normalized spacial score (nSPS) is 17.9. The lowest BCUT2D eigenvalue weighted by Gasteiger charge is -2.18. The lowest BCUT2D eigenvalue weighted by molar-refractivity contribution is 0.509. The molecule has 0 amide bonds. The highest BCUT2D eigenvalue weighted by atomic mass is 35.5. The van der Waals surface area contributed by atoms with Crippen LogP contribution in [0, 0.1) is 6.92 Å². The maximum absolute atomic E-state index is 12.5. The molecule has 0 saturated heterocycles. The monoisotopic (exact) mass is 316 g/mol. The molecule has 0 bridgehead atoms. The van der Waals surface area contributed by atoms with Crippen LogP contribution in [-0.4, -0.2) is 14.5 Å². The number of halogens is 1. The lowest BCUT2D eigenvalue weighted by Crippen LogP contribution is -2.34. The van der Waals surface area contributed by atoms with Crippen molar-refractivity contribution in [3.8, 4) is 0 Å². The van der Waals surface area contributed by atoms with E-state index in [-0.39, 0.29) is 10.9 Å². The van der Waals surface area contributed by atoms with E-state index in [1.54, 1.807) is 13.0 Å². The van der Waals surface area contributed by atoms with Gasteiger partial charge in [-0.3, -0.25) is 0 Å². The van der Waals surface area contributed by atoms with Crippen LogP contribution >= 0.6 is 11.6 Å². The number of hydrogen-bond acceptors (Lipinski definition) is 3. The van der Waals surface area contributed by atoms with Crippen molar-refractivity contribution in [2.45, 2.75) is 56.4 Å². The van der Waals surface area contributed by atoms with Crippen LogP contribution in [0.2, 0.25) is 5.02 Å². The van der Waals surface area contributed by atoms with Gasteiger partial charge >= 0.3 is 0 Å². The fourth-order valence-corrected chi connectivity index (χ4v) is 4.42. The van der Waals surface area contributed by atoms with E-state index >= 15 is 0 Å². The van der Waals surface area contributed by atoms with Crippen LogP contribution in [0.5, 0.6) is 0 Å². The van der Waals surface area contributed by atoms with E-state index in [2.05, 4.69) is 4.72 Å². The van der Waals surface area contributed by atoms with Gasteiger partial charge in [0.1, 0.15) is 0 Å². The Morgan fingerprint density at radius 3 is 2.40 bits per heavy atom. The van der Waals surface area contributed by atoms with Gasteiger partial charge in [-0.2, -0.15) is 0 Å². The third-order valence-electron chi connectivity index (χ3n) is 3.76. The van der Waals surface area contributed by atoms with E-state index < -0.39 is 10.0 Å². The molecule has 1 saturated carbocycles. The minimum absolute atomic E-state index is 0.0267. The van der Waals surface area contributed by atoms with E-state index in [4.69, 9.17) is 17.3 Å². The number of aryl methyl sites for hydroxylation is 1. The summed E-state index contributed by atoms with van der Waals surface area (Å²) in [5.41, 5.74) is 6.63. The van der Waals surface area contributed by atoms with Crippen molar-refractivity contribution in [3.05, 3.63) is 22.7 Å². The topological polar surface area (TPSA) is 72.2 Å². The Morgan fingerprint density at radius 2 is 1.80 bits per heavy atom. The molecule has 3 N–H and O–H groups in total.